The number of hydrogen-bond donors (Lipinski definition) is 1. The molecule has 20 heavy (non-hydrogen) atoms. The van der Waals surface area contributed by atoms with Crippen molar-refractivity contribution in [1.82, 2.24) is 15.2 Å². The standard InChI is InChI=1S/C14H19N3O3/c1-10(11-3-2-4-15-5-11)16-14(18)17-6-12-8-19-9-13(7-17)20-12/h2-5,10,12-13H,6-9H2,1H3,(H,16,18)/t10-,12?,13?/m0/s1. The second kappa shape index (κ2) is 5.76. The third-order valence-electron chi connectivity index (χ3n) is 3.65. The van der Waals surface area contributed by atoms with Gasteiger partial charge in [-0.05, 0) is 18.6 Å². The monoisotopic (exact) mass is 277 g/mol. The van der Waals surface area contributed by atoms with Gasteiger partial charge >= 0.3 is 6.03 Å². The number of morpholine rings is 1. The van der Waals surface area contributed by atoms with Crippen LogP contribution in [0.2, 0.25) is 0 Å². The average molecular weight is 277 g/mol. The van der Waals surface area contributed by atoms with Crippen molar-refractivity contribution in [1.29, 1.82) is 0 Å². The van der Waals surface area contributed by atoms with Crippen molar-refractivity contribution in [3.8, 4) is 0 Å². The normalized spacial score (nSPS) is 26.9. The van der Waals surface area contributed by atoms with Crippen molar-refractivity contribution >= 4 is 6.03 Å². The van der Waals surface area contributed by atoms with Gasteiger partial charge in [0.15, 0.2) is 0 Å². The van der Waals surface area contributed by atoms with E-state index >= 15 is 0 Å². The number of amides is 2. The SMILES string of the molecule is C[C@H](NC(=O)N1CC2COCC(C1)O2)c1cccnc1. The van der Waals surface area contributed by atoms with Gasteiger partial charge in [-0.2, -0.15) is 0 Å². The number of hydrogen-bond acceptors (Lipinski definition) is 4. The van der Waals surface area contributed by atoms with Crippen LogP contribution in [0.3, 0.4) is 0 Å². The van der Waals surface area contributed by atoms with Gasteiger partial charge in [0.05, 0.1) is 44.6 Å². The van der Waals surface area contributed by atoms with E-state index in [9.17, 15) is 4.79 Å². The highest BCUT2D eigenvalue weighted by Crippen LogP contribution is 2.18. The van der Waals surface area contributed by atoms with Gasteiger partial charge in [0, 0.05) is 12.4 Å². The first-order valence-electron chi connectivity index (χ1n) is 6.91. The van der Waals surface area contributed by atoms with Crippen LogP contribution in [0.5, 0.6) is 0 Å². The lowest BCUT2D eigenvalue weighted by Crippen LogP contribution is -2.57. The van der Waals surface area contributed by atoms with Gasteiger partial charge < -0.3 is 19.7 Å². The smallest absolute Gasteiger partial charge is 0.318 e. The molecule has 108 valence electrons. The fourth-order valence-corrected chi connectivity index (χ4v) is 2.60. The predicted octanol–water partition coefficient (Wildman–Crippen LogP) is 0.952. The summed E-state index contributed by atoms with van der Waals surface area (Å²) in [6, 6.07) is 3.71. The first kappa shape index (κ1) is 13.3. The highest BCUT2D eigenvalue weighted by atomic mass is 16.6. The topological polar surface area (TPSA) is 63.7 Å². The van der Waals surface area contributed by atoms with Crippen LogP contribution in [-0.2, 0) is 9.47 Å². The molecule has 2 aliphatic rings. The third-order valence-corrected chi connectivity index (χ3v) is 3.65. The van der Waals surface area contributed by atoms with Crippen LogP contribution in [0.4, 0.5) is 4.79 Å². The third kappa shape index (κ3) is 2.91. The van der Waals surface area contributed by atoms with Gasteiger partial charge in [-0.25, -0.2) is 4.79 Å². The Bertz CT molecular complexity index is 456. The summed E-state index contributed by atoms with van der Waals surface area (Å²) < 4.78 is 11.2. The van der Waals surface area contributed by atoms with Crippen molar-refractivity contribution in [2.45, 2.75) is 25.2 Å². The Hall–Kier alpha value is -1.66. The molecular formula is C14H19N3O3. The van der Waals surface area contributed by atoms with E-state index in [1.54, 1.807) is 12.4 Å². The van der Waals surface area contributed by atoms with E-state index in [1.807, 2.05) is 24.0 Å². The maximum Gasteiger partial charge on any atom is 0.318 e. The molecular weight excluding hydrogens is 258 g/mol. The molecule has 6 nitrogen and oxygen atoms in total. The van der Waals surface area contributed by atoms with Crippen LogP contribution in [0.1, 0.15) is 18.5 Å². The molecule has 0 radical (unpaired) electrons. The van der Waals surface area contributed by atoms with E-state index < -0.39 is 0 Å². The molecule has 3 atom stereocenters. The largest absolute Gasteiger partial charge is 0.376 e. The Morgan fingerprint density at radius 3 is 2.85 bits per heavy atom. The van der Waals surface area contributed by atoms with Gasteiger partial charge in [-0.1, -0.05) is 6.07 Å². The summed E-state index contributed by atoms with van der Waals surface area (Å²) >= 11 is 0. The molecule has 2 aliphatic heterocycles. The molecule has 6 heteroatoms. The van der Waals surface area contributed by atoms with Crippen LogP contribution in [-0.4, -0.2) is 54.4 Å². The molecule has 1 N–H and O–H groups in total. The maximum absolute atomic E-state index is 12.3. The van der Waals surface area contributed by atoms with Crippen LogP contribution >= 0.6 is 0 Å². The molecule has 2 saturated heterocycles. The van der Waals surface area contributed by atoms with E-state index in [0.29, 0.717) is 26.3 Å². The molecule has 1 aromatic heterocycles. The quantitative estimate of drug-likeness (QED) is 0.874. The molecule has 0 aromatic carbocycles. The number of fused-ring (bicyclic) bond motifs is 2. The van der Waals surface area contributed by atoms with Crippen LogP contribution in [0.25, 0.3) is 0 Å². The predicted molar refractivity (Wildman–Crippen MR) is 72.2 cm³/mol. The van der Waals surface area contributed by atoms with Crippen molar-refractivity contribution in [2.24, 2.45) is 0 Å². The number of nitrogens with one attached hydrogen (secondary N) is 1. The van der Waals surface area contributed by atoms with Gasteiger partial charge in [0.25, 0.3) is 0 Å². The molecule has 2 bridgehead atoms. The first-order valence-corrected chi connectivity index (χ1v) is 6.91. The Labute approximate surface area is 118 Å². The van der Waals surface area contributed by atoms with E-state index in [2.05, 4.69) is 10.3 Å². The number of carbonyl (C=O) groups is 1. The first-order chi connectivity index (χ1) is 9.72. The van der Waals surface area contributed by atoms with Crippen molar-refractivity contribution in [3.63, 3.8) is 0 Å². The molecule has 1 aromatic rings. The van der Waals surface area contributed by atoms with Crippen molar-refractivity contribution in [3.05, 3.63) is 30.1 Å². The zero-order valence-electron chi connectivity index (χ0n) is 11.5. The highest BCUT2D eigenvalue weighted by molar-refractivity contribution is 5.74. The second-order valence-electron chi connectivity index (χ2n) is 5.28. The molecule has 0 spiro atoms. The van der Waals surface area contributed by atoms with Crippen molar-refractivity contribution in [2.75, 3.05) is 26.3 Å². The Morgan fingerprint density at radius 1 is 1.45 bits per heavy atom. The van der Waals surface area contributed by atoms with E-state index in [4.69, 9.17) is 9.47 Å². The molecule has 2 fully saturated rings. The van der Waals surface area contributed by atoms with Crippen LogP contribution in [0, 0.1) is 0 Å². The minimum absolute atomic E-state index is 0.00180. The van der Waals surface area contributed by atoms with Gasteiger partial charge in [0.2, 0.25) is 0 Å². The number of nitrogens with zero attached hydrogens (tertiary/aromatic N) is 2. The summed E-state index contributed by atoms with van der Waals surface area (Å²) in [6.07, 6.45) is 3.50. The zero-order chi connectivity index (χ0) is 13.9. The summed E-state index contributed by atoms with van der Waals surface area (Å²) in [5.41, 5.74) is 0.998. The van der Waals surface area contributed by atoms with Crippen LogP contribution in [0.15, 0.2) is 24.5 Å². The lowest BCUT2D eigenvalue weighted by atomic mass is 10.1. The number of ether oxygens (including phenoxy) is 2. The summed E-state index contributed by atoms with van der Waals surface area (Å²) in [5, 5.41) is 3.01. The summed E-state index contributed by atoms with van der Waals surface area (Å²) in [5.74, 6) is 0. The fourth-order valence-electron chi connectivity index (χ4n) is 2.60. The van der Waals surface area contributed by atoms with Gasteiger partial charge in [-0.3, -0.25) is 4.98 Å². The number of aromatic nitrogens is 1. The van der Waals surface area contributed by atoms with Gasteiger partial charge in [-0.15, -0.1) is 0 Å². The Morgan fingerprint density at radius 2 is 2.20 bits per heavy atom. The van der Waals surface area contributed by atoms with E-state index in [1.165, 1.54) is 0 Å². The number of pyridine rings is 1. The van der Waals surface area contributed by atoms with Crippen molar-refractivity contribution < 1.29 is 14.3 Å². The highest BCUT2D eigenvalue weighted by Gasteiger charge is 2.34. The molecule has 3 rings (SSSR count). The summed E-state index contributed by atoms with van der Waals surface area (Å²) in [4.78, 5) is 18.2. The number of rotatable bonds is 2. The zero-order valence-corrected chi connectivity index (χ0v) is 11.5. The van der Waals surface area contributed by atoms with E-state index in [-0.39, 0.29) is 24.3 Å². The second-order valence-corrected chi connectivity index (χ2v) is 5.28. The minimum atomic E-state index is -0.0601. The molecule has 0 aliphatic carbocycles. The van der Waals surface area contributed by atoms with Gasteiger partial charge in [0.1, 0.15) is 0 Å². The number of urea groups is 1. The lowest BCUT2D eigenvalue weighted by molar-refractivity contribution is -0.171. The van der Waals surface area contributed by atoms with Crippen LogP contribution < -0.4 is 5.32 Å². The Kier molecular flexibility index (Phi) is 3.84. The van der Waals surface area contributed by atoms with E-state index in [0.717, 1.165) is 5.56 Å². The number of carbonyl (C=O) groups excluding carboxylic acids is 1. The lowest BCUT2D eigenvalue weighted by Gasteiger charge is -2.41. The average Bonchev–Trinajstić information content (AvgIpc) is 2.47. The Balaban J connectivity index is 1.59. The molecule has 2 unspecified atom stereocenters. The molecule has 2 amide bonds. The fraction of sp³-hybridized carbons (Fsp3) is 0.571. The molecule has 0 saturated carbocycles. The molecule has 3 heterocycles. The maximum atomic E-state index is 12.3. The summed E-state index contributed by atoms with van der Waals surface area (Å²) in [7, 11) is 0. The minimum Gasteiger partial charge on any atom is -0.376 e. The summed E-state index contributed by atoms with van der Waals surface area (Å²) in [6.45, 7) is 4.26.